The summed E-state index contributed by atoms with van der Waals surface area (Å²) in [5.41, 5.74) is 1.77. The Bertz CT molecular complexity index is 817. The molecule has 0 bridgehead atoms. The summed E-state index contributed by atoms with van der Waals surface area (Å²) in [6, 6.07) is 12.1. The first kappa shape index (κ1) is 15.1. The van der Waals surface area contributed by atoms with Crippen molar-refractivity contribution in [3.05, 3.63) is 65.1 Å². The highest BCUT2D eigenvalue weighted by Gasteiger charge is 2.10. The number of aromatic nitrogens is 2. The summed E-state index contributed by atoms with van der Waals surface area (Å²) in [6.45, 7) is 1.91. The van der Waals surface area contributed by atoms with Crippen molar-refractivity contribution in [2.45, 2.75) is 6.92 Å². The molecule has 1 aromatic carbocycles. The molecule has 2 heterocycles. The molecular formula is C16H13ClN4O2. The van der Waals surface area contributed by atoms with Gasteiger partial charge in [-0.15, -0.1) is 10.2 Å². The van der Waals surface area contributed by atoms with E-state index in [1.54, 1.807) is 24.3 Å². The highest BCUT2D eigenvalue weighted by Crippen LogP contribution is 2.25. The normalized spacial score (nSPS) is 10.3. The molecule has 0 spiro atoms. The molecule has 2 aromatic heterocycles. The van der Waals surface area contributed by atoms with Crippen molar-refractivity contribution in [1.82, 2.24) is 10.2 Å². The van der Waals surface area contributed by atoms with Crippen LogP contribution in [-0.4, -0.2) is 16.1 Å². The zero-order valence-electron chi connectivity index (χ0n) is 12.2. The van der Waals surface area contributed by atoms with Gasteiger partial charge in [-0.3, -0.25) is 4.79 Å². The first-order valence-electron chi connectivity index (χ1n) is 6.84. The number of hydrogen-bond donors (Lipinski definition) is 2. The second-order valence-electron chi connectivity index (χ2n) is 4.77. The number of benzene rings is 1. The molecule has 1 amide bonds. The van der Waals surface area contributed by atoms with Gasteiger partial charge >= 0.3 is 0 Å². The standard InChI is InChI=1S/C16H13ClN4O2/c1-10-11(17)4-2-5-12(10)18-14-7-8-15(21-20-14)19-16(22)13-6-3-9-23-13/h2-9H,1H3,(H,18,20)(H,19,21,22). The number of halogens is 1. The quantitative estimate of drug-likeness (QED) is 0.756. The van der Waals surface area contributed by atoms with Gasteiger partial charge in [0, 0.05) is 10.7 Å². The first-order valence-corrected chi connectivity index (χ1v) is 7.22. The number of carbonyl (C=O) groups is 1. The Balaban J connectivity index is 1.70. The molecule has 2 N–H and O–H groups in total. The Labute approximate surface area is 137 Å². The molecule has 7 heteroatoms. The van der Waals surface area contributed by atoms with E-state index in [1.807, 2.05) is 25.1 Å². The SMILES string of the molecule is Cc1c(Cl)cccc1Nc1ccc(NC(=O)c2ccco2)nn1. The zero-order chi connectivity index (χ0) is 16.2. The van der Waals surface area contributed by atoms with Crippen LogP contribution in [0.5, 0.6) is 0 Å². The fraction of sp³-hybridized carbons (Fsp3) is 0.0625. The van der Waals surface area contributed by atoms with Gasteiger partial charge in [0.15, 0.2) is 17.4 Å². The van der Waals surface area contributed by atoms with Gasteiger partial charge in [0.25, 0.3) is 5.91 Å². The highest BCUT2D eigenvalue weighted by molar-refractivity contribution is 6.31. The summed E-state index contributed by atoms with van der Waals surface area (Å²) in [5, 5.41) is 14.4. The Morgan fingerprint density at radius 1 is 1.09 bits per heavy atom. The predicted octanol–water partition coefficient (Wildman–Crippen LogP) is 4.03. The third kappa shape index (κ3) is 3.49. The molecule has 0 saturated heterocycles. The van der Waals surface area contributed by atoms with E-state index in [2.05, 4.69) is 20.8 Å². The number of nitrogens with one attached hydrogen (secondary N) is 2. The van der Waals surface area contributed by atoms with Gasteiger partial charge < -0.3 is 15.1 Å². The summed E-state index contributed by atoms with van der Waals surface area (Å²) in [6.07, 6.45) is 1.43. The molecule has 0 unspecified atom stereocenters. The molecule has 3 aromatic rings. The van der Waals surface area contributed by atoms with Gasteiger partial charge in [0.2, 0.25) is 0 Å². The Morgan fingerprint density at radius 3 is 2.57 bits per heavy atom. The van der Waals surface area contributed by atoms with Crippen LogP contribution >= 0.6 is 11.6 Å². The second kappa shape index (κ2) is 6.50. The number of hydrogen-bond acceptors (Lipinski definition) is 5. The molecule has 0 fully saturated rings. The number of carbonyl (C=O) groups excluding carboxylic acids is 1. The van der Waals surface area contributed by atoms with Crippen molar-refractivity contribution >= 4 is 34.8 Å². The predicted molar refractivity (Wildman–Crippen MR) is 88.2 cm³/mol. The van der Waals surface area contributed by atoms with Crippen molar-refractivity contribution in [2.24, 2.45) is 0 Å². The second-order valence-corrected chi connectivity index (χ2v) is 5.18. The maximum atomic E-state index is 11.8. The molecule has 0 atom stereocenters. The monoisotopic (exact) mass is 328 g/mol. The molecule has 116 valence electrons. The van der Waals surface area contributed by atoms with Gasteiger partial charge in [-0.05, 0) is 48.9 Å². The minimum Gasteiger partial charge on any atom is -0.459 e. The smallest absolute Gasteiger partial charge is 0.292 e. The molecule has 6 nitrogen and oxygen atoms in total. The molecule has 3 rings (SSSR count). The molecule has 0 aliphatic carbocycles. The Morgan fingerprint density at radius 2 is 1.87 bits per heavy atom. The number of rotatable bonds is 4. The lowest BCUT2D eigenvalue weighted by atomic mass is 10.2. The van der Waals surface area contributed by atoms with E-state index in [1.165, 1.54) is 6.26 Å². The average Bonchev–Trinajstić information content (AvgIpc) is 3.08. The van der Waals surface area contributed by atoms with E-state index >= 15 is 0 Å². The van der Waals surface area contributed by atoms with E-state index in [0.29, 0.717) is 16.7 Å². The lowest BCUT2D eigenvalue weighted by molar-refractivity contribution is 0.0996. The molecule has 0 aliphatic heterocycles. The van der Waals surface area contributed by atoms with Crippen LogP contribution in [0, 0.1) is 6.92 Å². The fourth-order valence-electron chi connectivity index (χ4n) is 1.93. The van der Waals surface area contributed by atoms with E-state index < -0.39 is 0 Å². The summed E-state index contributed by atoms with van der Waals surface area (Å²) in [4.78, 5) is 11.8. The molecule has 23 heavy (non-hydrogen) atoms. The minimum atomic E-state index is -0.379. The molecule has 0 radical (unpaired) electrons. The third-order valence-electron chi connectivity index (χ3n) is 3.18. The Hall–Kier alpha value is -2.86. The van der Waals surface area contributed by atoms with Crippen LogP contribution in [-0.2, 0) is 0 Å². The lowest BCUT2D eigenvalue weighted by Crippen LogP contribution is -2.12. The number of nitrogens with zero attached hydrogens (tertiary/aromatic N) is 2. The summed E-state index contributed by atoms with van der Waals surface area (Å²) >= 11 is 6.08. The van der Waals surface area contributed by atoms with Crippen LogP contribution in [0.4, 0.5) is 17.3 Å². The summed E-state index contributed by atoms with van der Waals surface area (Å²) in [5.74, 6) is 0.713. The average molecular weight is 329 g/mol. The maximum Gasteiger partial charge on any atom is 0.292 e. The van der Waals surface area contributed by atoms with Crippen molar-refractivity contribution in [3.63, 3.8) is 0 Å². The van der Waals surface area contributed by atoms with Gasteiger partial charge in [-0.2, -0.15) is 0 Å². The molecular weight excluding hydrogens is 316 g/mol. The first-order chi connectivity index (χ1) is 11.1. The van der Waals surface area contributed by atoms with E-state index in [-0.39, 0.29) is 11.7 Å². The zero-order valence-corrected chi connectivity index (χ0v) is 13.0. The third-order valence-corrected chi connectivity index (χ3v) is 3.59. The summed E-state index contributed by atoms with van der Waals surface area (Å²) < 4.78 is 5.01. The fourth-order valence-corrected chi connectivity index (χ4v) is 2.11. The Kier molecular flexibility index (Phi) is 4.25. The van der Waals surface area contributed by atoms with E-state index in [0.717, 1.165) is 11.3 Å². The van der Waals surface area contributed by atoms with Crippen LogP contribution in [0.3, 0.4) is 0 Å². The largest absolute Gasteiger partial charge is 0.459 e. The van der Waals surface area contributed by atoms with Crippen LogP contribution in [0.15, 0.2) is 53.1 Å². The molecule has 0 saturated carbocycles. The maximum absolute atomic E-state index is 11.8. The highest BCUT2D eigenvalue weighted by atomic mass is 35.5. The van der Waals surface area contributed by atoms with E-state index in [9.17, 15) is 4.79 Å². The van der Waals surface area contributed by atoms with Crippen LogP contribution in [0.1, 0.15) is 16.1 Å². The lowest BCUT2D eigenvalue weighted by Gasteiger charge is -2.09. The van der Waals surface area contributed by atoms with Crippen LogP contribution in [0.25, 0.3) is 0 Å². The number of furan rings is 1. The van der Waals surface area contributed by atoms with Gasteiger partial charge in [0.1, 0.15) is 0 Å². The van der Waals surface area contributed by atoms with Gasteiger partial charge in [-0.25, -0.2) is 0 Å². The number of amides is 1. The number of anilines is 3. The molecule has 0 aliphatic rings. The van der Waals surface area contributed by atoms with Crippen LogP contribution < -0.4 is 10.6 Å². The van der Waals surface area contributed by atoms with Crippen molar-refractivity contribution < 1.29 is 9.21 Å². The van der Waals surface area contributed by atoms with Crippen molar-refractivity contribution in [2.75, 3.05) is 10.6 Å². The van der Waals surface area contributed by atoms with Gasteiger partial charge in [-0.1, -0.05) is 17.7 Å². The van der Waals surface area contributed by atoms with Crippen LogP contribution in [0.2, 0.25) is 5.02 Å². The van der Waals surface area contributed by atoms with E-state index in [4.69, 9.17) is 16.0 Å². The minimum absolute atomic E-state index is 0.212. The van der Waals surface area contributed by atoms with Crippen molar-refractivity contribution in [1.29, 1.82) is 0 Å². The van der Waals surface area contributed by atoms with Gasteiger partial charge in [0.05, 0.1) is 6.26 Å². The summed E-state index contributed by atoms with van der Waals surface area (Å²) in [7, 11) is 0. The topological polar surface area (TPSA) is 80.0 Å². The van der Waals surface area contributed by atoms with Crippen molar-refractivity contribution in [3.8, 4) is 0 Å².